The monoisotopic (exact) mass is 441 g/mol. The van der Waals surface area contributed by atoms with Crippen LogP contribution >= 0.6 is 11.6 Å². The molecule has 7 heteroatoms. The van der Waals surface area contributed by atoms with Crippen LogP contribution in [0.5, 0.6) is 0 Å². The van der Waals surface area contributed by atoms with Gasteiger partial charge in [-0.1, -0.05) is 41.9 Å². The van der Waals surface area contributed by atoms with Gasteiger partial charge in [-0.2, -0.15) is 0 Å². The number of carbonyl (C=O) groups is 2. The van der Waals surface area contributed by atoms with Gasteiger partial charge in [0.15, 0.2) is 0 Å². The molecule has 2 aliphatic rings. The van der Waals surface area contributed by atoms with E-state index in [0.717, 1.165) is 48.0 Å². The Balaban J connectivity index is 1.40. The summed E-state index contributed by atoms with van der Waals surface area (Å²) in [5, 5.41) is 0.727. The van der Waals surface area contributed by atoms with Gasteiger partial charge < -0.3 is 14.5 Å². The van der Waals surface area contributed by atoms with Gasteiger partial charge in [0, 0.05) is 49.9 Å². The van der Waals surface area contributed by atoms with Crippen LogP contribution in [0.3, 0.4) is 0 Å². The van der Waals surface area contributed by atoms with Crippen molar-refractivity contribution in [2.75, 3.05) is 44.2 Å². The lowest BCUT2D eigenvalue weighted by molar-refractivity contribution is -0.156. The Bertz CT molecular complexity index is 943. The number of ether oxygens (including phenoxy) is 1. The number of piperazine rings is 1. The van der Waals surface area contributed by atoms with Gasteiger partial charge in [0.25, 0.3) is 0 Å². The molecule has 2 heterocycles. The summed E-state index contributed by atoms with van der Waals surface area (Å²) in [6.45, 7) is 6.09. The highest BCUT2D eigenvalue weighted by Gasteiger charge is 2.36. The zero-order chi connectivity index (χ0) is 21.8. The van der Waals surface area contributed by atoms with Gasteiger partial charge in [-0.3, -0.25) is 9.69 Å². The lowest BCUT2D eigenvalue weighted by Gasteiger charge is -2.39. The van der Waals surface area contributed by atoms with Crippen LogP contribution in [0, 0.1) is 0 Å². The molecular weight excluding hydrogens is 414 g/mol. The maximum Gasteiger partial charge on any atom is 0.329 e. The van der Waals surface area contributed by atoms with E-state index < -0.39 is 6.04 Å². The predicted octanol–water partition coefficient (Wildman–Crippen LogP) is 2.98. The van der Waals surface area contributed by atoms with Crippen molar-refractivity contribution in [1.82, 2.24) is 9.80 Å². The van der Waals surface area contributed by atoms with Crippen molar-refractivity contribution in [1.29, 1.82) is 0 Å². The third kappa shape index (κ3) is 5.02. The number of halogens is 1. The minimum atomic E-state index is -0.560. The highest BCUT2D eigenvalue weighted by atomic mass is 35.5. The number of anilines is 1. The van der Waals surface area contributed by atoms with E-state index in [4.69, 9.17) is 16.3 Å². The van der Waals surface area contributed by atoms with E-state index in [-0.39, 0.29) is 11.9 Å². The van der Waals surface area contributed by atoms with Crippen molar-refractivity contribution in [3.05, 3.63) is 64.7 Å². The van der Waals surface area contributed by atoms with E-state index in [1.54, 1.807) is 11.8 Å². The molecule has 0 spiro atoms. The summed E-state index contributed by atoms with van der Waals surface area (Å²) in [6, 6.07) is 15.3. The minimum Gasteiger partial charge on any atom is -0.464 e. The van der Waals surface area contributed by atoms with Gasteiger partial charge in [-0.05, 0) is 36.2 Å². The molecule has 0 radical (unpaired) electrons. The Hall–Kier alpha value is -2.57. The maximum atomic E-state index is 13.2. The van der Waals surface area contributed by atoms with Gasteiger partial charge in [-0.15, -0.1) is 0 Å². The zero-order valence-corrected chi connectivity index (χ0v) is 18.6. The number of amides is 1. The van der Waals surface area contributed by atoms with E-state index in [1.807, 2.05) is 42.5 Å². The maximum absolute atomic E-state index is 13.2. The van der Waals surface area contributed by atoms with Crippen LogP contribution in [-0.2, 0) is 27.3 Å². The second-order valence-electron chi connectivity index (χ2n) is 8.01. The molecule has 0 aromatic heterocycles. The fourth-order valence-electron chi connectivity index (χ4n) is 4.35. The molecule has 4 rings (SSSR count). The van der Waals surface area contributed by atoms with E-state index in [2.05, 4.69) is 15.9 Å². The first-order chi connectivity index (χ1) is 15.0. The first-order valence-corrected chi connectivity index (χ1v) is 11.2. The van der Waals surface area contributed by atoms with Crippen LogP contribution < -0.4 is 4.90 Å². The molecule has 0 N–H and O–H groups in total. The number of nitrogens with zero attached hydrogens (tertiary/aromatic N) is 3. The molecule has 1 fully saturated rings. The van der Waals surface area contributed by atoms with Gasteiger partial charge in [0.1, 0.15) is 6.04 Å². The van der Waals surface area contributed by atoms with Crippen LogP contribution in [-0.4, -0.2) is 67.0 Å². The molecule has 1 amide bonds. The third-order valence-electron chi connectivity index (χ3n) is 6.03. The second kappa shape index (κ2) is 9.71. The Morgan fingerprint density at radius 2 is 1.77 bits per heavy atom. The number of rotatable bonds is 5. The van der Waals surface area contributed by atoms with E-state index in [9.17, 15) is 9.59 Å². The summed E-state index contributed by atoms with van der Waals surface area (Å²) in [5.41, 5.74) is 3.32. The smallest absolute Gasteiger partial charge is 0.329 e. The number of benzene rings is 2. The zero-order valence-electron chi connectivity index (χ0n) is 17.8. The summed E-state index contributed by atoms with van der Waals surface area (Å²) in [5.74, 6) is -0.347. The molecule has 1 atom stereocenters. The molecule has 164 valence electrons. The summed E-state index contributed by atoms with van der Waals surface area (Å²) in [6.07, 6.45) is 0.503. The van der Waals surface area contributed by atoms with Gasteiger partial charge >= 0.3 is 5.97 Å². The lowest BCUT2D eigenvalue weighted by Crippen LogP contribution is -2.54. The third-order valence-corrected chi connectivity index (χ3v) is 6.27. The molecule has 0 bridgehead atoms. The Morgan fingerprint density at radius 1 is 1.03 bits per heavy atom. The number of carbonyl (C=O) groups excluding carboxylic acids is 2. The molecule has 6 nitrogen and oxygen atoms in total. The van der Waals surface area contributed by atoms with Gasteiger partial charge in [0.2, 0.25) is 5.91 Å². The Labute approximate surface area is 188 Å². The topological polar surface area (TPSA) is 53.1 Å². The SMILES string of the molecule is CCOC(=O)C1Cc2ccccc2CN1C(=O)CN1CCN(c2cccc(Cl)c2)CC1. The van der Waals surface area contributed by atoms with E-state index >= 15 is 0 Å². The lowest BCUT2D eigenvalue weighted by atomic mass is 9.94. The molecular formula is C24H28ClN3O3. The minimum absolute atomic E-state index is 0.0243. The highest BCUT2D eigenvalue weighted by Crippen LogP contribution is 2.25. The molecule has 2 aliphatic heterocycles. The van der Waals surface area contributed by atoms with Gasteiger partial charge in [-0.25, -0.2) is 4.79 Å². The van der Waals surface area contributed by atoms with E-state index in [0.29, 0.717) is 26.1 Å². The highest BCUT2D eigenvalue weighted by molar-refractivity contribution is 6.30. The average Bonchev–Trinajstić information content (AvgIpc) is 2.79. The molecule has 31 heavy (non-hydrogen) atoms. The van der Waals surface area contributed by atoms with Crippen LogP contribution in [0.1, 0.15) is 18.1 Å². The standard InChI is InChI=1S/C24H28ClN3O3/c1-2-31-24(30)22-14-18-6-3-4-7-19(18)16-28(22)23(29)17-26-10-12-27(13-11-26)21-9-5-8-20(25)15-21/h3-9,15,22H,2,10-14,16-17H2,1H3. The largest absolute Gasteiger partial charge is 0.464 e. The van der Waals surface area contributed by atoms with Crippen molar-refractivity contribution < 1.29 is 14.3 Å². The number of esters is 1. The molecule has 1 saturated heterocycles. The van der Waals surface area contributed by atoms with Crippen molar-refractivity contribution >= 4 is 29.2 Å². The quantitative estimate of drug-likeness (QED) is 0.668. The fraction of sp³-hybridized carbons (Fsp3) is 0.417. The molecule has 2 aromatic rings. The Morgan fingerprint density at radius 3 is 2.48 bits per heavy atom. The van der Waals surface area contributed by atoms with E-state index in [1.165, 1.54) is 0 Å². The van der Waals surface area contributed by atoms with Crippen molar-refractivity contribution in [2.24, 2.45) is 0 Å². The average molecular weight is 442 g/mol. The normalized spacial score (nSPS) is 19.1. The Kier molecular flexibility index (Phi) is 6.78. The fourth-order valence-corrected chi connectivity index (χ4v) is 4.54. The first-order valence-electron chi connectivity index (χ1n) is 10.8. The van der Waals surface area contributed by atoms with Crippen molar-refractivity contribution in [2.45, 2.75) is 25.9 Å². The number of hydrogen-bond acceptors (Lipinski definition) is 5. The number of fused-ring (bicyclic) bond motifs is 1. The molecule has 0 aliphatic carbocycles. The van der Waals surface area contributed by atoms with Crippen LogP contribution in [0.15, 0.2) is 48.5 Å². The van der Waals surface area contributed by atoms with Crippen LogP contribution in [0.4, 0.5) is 5.69 Å². The number of hydrogen-bond donors (Lipinski definition) is 0. The van der Waals surface area contributed by atoms with Crippen molar-refractivity contribution in [3.8, 4) is 0 Å². The summed E-state index contributed by atoms with van der Waals surface area (Å²) in [4.78, 5) is 32.0. The molecule has 1 unspecified atom stereocenters. The van der Waals surface area contributed by atoms with Gasteiger partial charge in [0.05, 0.1) is 13.2 Å². The van der Waals surface area contributed by atoms with Crippen LogP contribution in [0.25, 0.3) is 0 Å². The predicted molar refractivity (Wildman–Crippen MR) is 121 cm³/mol. The summed E-state index contributed by atoms with van der Waals surface area (Å²) < 4.78 is 5.28. The molecule has 2 aromatic carbocycles. The summed E-state index contributed by atoms with van der Waals surface area (Å²) >= 11 is 6.12. The first kappa shape index (κ1) is 21.7. The van der Waals surface area contributed by atoms with Crippen LogP contribution in [0.2, 0.25) is 5.02 Å². The van der Waals surface area contributed by atoms with Crippen molar-refractivity contribution in [3.63, 3.8) is 0 Å². The second-order valence-corrected chi connectivity index (χ2v) is 8.44. The molecule has 0 saturated carbocycles. The summed E-state index contributed by atoms with van der Waals surface area (Å²) in [7, 11) is 0.